The summed E-state index contributed by atoms with van der Waals surface area (Å²) in [6, 6.07) is 14.6. The molecule has 148 valence electrons. The lowest BCUT2D eigenvalue weighted by molar-refractivity contribution is 0.100. The Hall–Kier alpha value is -3.54. The van der Waals surface area contributed by atoms with Crippen LogP contribution in [0.4, 0.5) is 17.2 Å². The molecule has 0 atom stereocenters. The van der Waals surface area contributed by atoms with Gasteiger partial charge >= 0.3 is 0 Å². The zero-order valence-electron chi connectivity index (χ0n) is 17.0. The van der Waals surface area contributed by atoms with Crippen molar-refractivity contribution in [2.75, 3.05) is 10.6 Å². The summed E-state index contributed by atoms with van der Waals surface area (Å²) >= 11 is 0. The fourth-order valence-corrected chi connectivity index (χ4v) is 3.09. The quantitative estimate of drug-likeness (QED) is 0.590. The lowest BCUT2D eigenvalue weighted by Gasteiger charge is -2.14. The summed E-state index contributed by atoms with van der Waals surface area (Å²) in [5, 5.41) is 6.14. The number of benzene rings is 2. The molecular weight excluding hydrogens is 364 g/mol. The summed E-state index contributed by atoms with van der Waals surface area (Å²) in [6.45, 7) is 7.37. The van der Waals surface area contributed by atoms with Gasteiger partial charge in [0, 0.05) is 23.0 Å². The van der Waals surface area contributed by atoms with E-state index in [4.69, 9.17) is 0 Å². The van der Waals surface area contributed by atoms with Crippen LogP contribution in [-0.2, 0) is 6.42 Å². The summed E-state index contributed by atoms with van der Waals surface area (Å²) < 4.78 is 0. The van der Waals surface area contributed by atoms with Crippen LogP contribution in [0.1, 0.15) is 51.6 Å². The van der Waals surface area contributed by atoms with Crippen LogP contribution in [0.15, 0.2) is 48.5 Å². The highest BCUT2D eigenvalue weighted by molar-refractivity contribution is 6.04. The zero-order valence-corrected chi connectivity index (χ0v) is 17.0. The molecule has 0 bridgehead atoms. The van der Waals surface area contributed by atoms with Crippen molar-refractivity contribution in [3.8, 4) is 0 Å². The van der Waals surface area contributed by atoms with Crippen molar-refractivity contribution >= 4 is 28.9 Å². The van der Waals surface area contributed by atoms with Crippen molar-refractivity contribution in [2.45, 2.75) is 34.1 Å². The van der Waals surface area contributed by atoms with E-state index in [2.05, 4.69) is 33.6 Å². The van der Waals surface area contributed by atoms with Gasteiger partial charge in [0.1, 0.15) is 17.3 Å². The van der Waals surface area contributed by atoms with E-state index in [1.54, 1.807) is 37.3 Å². The normalized spacial score (nSPS) is 10.5. The van der Waals surface area contributed by atoms with Gasteiger partial charge in [0.2, 0.25) is 0 Å². The molecule has 0 aliphatic rings. The topological polar surface area (TPSA) is 84.0 Å². The molecule has 0 radical (unpaired) electrons. The molecule has 0 aliphatic heterocycles. The molecule has 1 heterocycles. The number of hydrogen-bond acceptors (Lipinski definition) is 5. The molecule has 3 rings (SSSR count). The highest BCUT2D eigenvalue weighted by Gasteiger charge is 2.13. The first kappa shape index (κ1) is 20.2. The smallest absolute Gasteiger partial charge is 0.274 e. The number of ketones is 1. The van der Waals surface area contributed by atoms with Crippen LogP contribution in [0.5, 0.6) is 0 Å². The molecule has 1 aromatic heterocycles. The lowest BCUT2D eigenvalue weighted by atomic mass is 10.1. The molecule has 6 heteroatoms. The number of Topliss-reactive ketones (excluding diaryl/α,β-unsaturated/α-hetero) is 1. The Balaban J connectivity index is 1.87. The molecule has 3 aromatic rings. The number of carbonyl (C=O) groups excluding carboxylic acids is 2. The van der Waals surface area contributed by atoms with E-state index in [0.717, 1.165) is 17.7 Å². The number of para-hydroxylation sites is 1. The average molecular weight is 388 g/mol. The number of nitrogens with zero attached hydrogens (tertiary/aromatic N) is 2. The van der Waals surface area contributed by atoms with Crippen molar-refractivity contribution in [1.82, 2.24) is 9.97 Å². The van der Waals surface area contributed by atoms with E-state index in [1.807, 2.05) is 19.1 Å². The summed E-state index contributed by atoms with van der Waals surface area (Å²) in [5.41, 5.74) is 4.60. The maximum atomic E-state index is 12.7. The number of rotatable bonds is 6. The molecule has 0 aliphatic carbocycles. The predicted molar refractivity (Wildman–Crippen MR) is 115 cm³/mol. The standard InChI is InChI=1S/C23H24N4O2/c1-5-17-9-6-8-14(2)22(17)27-21-13-20(24-16(4)25-21)23(29)26-19-11-7-10-18(12-19)15(3)28/h6-13H,5H2,1-4H3,(H,26,29)(H,24,25,27). The lowest BCUT2D eigenvalue weighted by Crippen LogP contribution is -2.16. The Morgan fingerprint density at radius 3 is 2.48 bits per heavy atom. The number of carbonyl (C=O) groups is 2. The van der Waals surface area contributed by atoms with Crippen molar-refractivity contribution in [1.29, 1.82) is 0 Å². The van der Waals surface area contributed by atoms with Gasteiger partial charge in [-0.05, 0) is 50.5 Å². The molecule has 6 nitrogen and oxygen atoms in total. The molecular formula is C23H24N4O2. The molecule has 2 aromatic carbocycles. The average Bonchev–Trinajstić information content (AvgIpc) is 2.69. The largest absolute Gasteiger partial charge is 0.340 e. The van der Waals surface area contributed by atoms with Crippen LogP contribution in [0.3, 0.4) is 0 Å². The van der Waals surface area contributed by atoms with E-state index >= 15 is 0 Å². The Morgan fingerprint density at radius 2 is 1.76 bits per heavy atom. The minimum atomic E-state index is -0.361. The van der Waals surface area contributed by atoms with Crippen LogP contribution in [0.25, 0.3) is 0 Å². The number of amides is 1. The Kier molecular flexibility index (Phi) is 6.02. The summed E-state index contributed by atoms with van der Waals surface area (Å²) in [7, 11) is 0. The third-order valence-electron chi connectivity index (χ3n) is 4.59. The molecule has 1 amide bonds. The zero-order chi connectivity index (χ0) is 21.0. The van der Waals surface area contributed by atoms with E-state index in [-0.39, 0.29) is 17.4 Å². The van der Waals surface area contributed by atoms with Crippen LogP contribution in [0, 0.1) is 13.8 Å². The predicted octanol–water partition coefficient (Wildman–Crippen LogP) is 4.85. The summed E-state index contributed by atoms with van der Waals surface area (Å²) in [4.78, 5) is 33.0. The maximum absolute atomic E-state index is 12.7. The molecule has 0 fully saturated rings. The first-order valence-corrected chi connectivity index (χ1v) is 9.51. The summed E-state index contributed by atoms with van der Waals surface area (Å²) in [5.74, 6) is 0.628. The van der Waals surface area contributed by atoms with E-state index < -0.39 is 0 Å². The molecule has 0 saturated heterocycles. The number of hydrogen-bond donors (Lipinski definition) is 2. The SMILES string of the molecule is CCc1cccc(C)c1Nc1cc(C(=O)Nc2cccc(C(C)=O)c2)nc(C)n1. The second-order valence-electron chi connectivity index (χ2n) is 6.86. The molecule has 2 N–H and O–H groups in total. The second kappa shape index (κ2) is 8.65. The van der Waals surface area contributed by atoms with Gasteiger partial charge in [-0.25, -0.2) is 9.97 Å². The van der Waals surface area contributed by atoms with Crippen LogP contribution in [0.2, 0.25) is 0 Å². The maximum Gasteiger partial charge on any atom is 0.274 e. The fourth-order valence-electron chi connectivity index (χ4n) is 3.09. The molecule has 0 spiro atoms. The Bertz CT molecular complexity index is 1080. The first-order chi connectivity index (χ1) is 13.9. The molecule has 0 unspecified atom stereocenters. The van der Waals surface area contributed by atoms with Crippen molar-refractivity contribution in [3.63, 3.8) is 0 Å². The third-order valence-corrected chi connectivity index (χ3v) is 4.59. The van der Waals surface area contributed by atoms with Crippen LogP contribution in [-0.4, -0.2) is 21.7 Å². The van der Waals surface area contributed by atoms with Gasteiger partial charge in [-0.2, -0.15) is 0 Å². The monoisotopic (exact) mass is 388 g/mol. The van der Waals surface area contributed by atoms with Gasteiger partial charge in [-0.3, -0.25) is 9.59 Å². The van der Waals surface area contributed by atoms with Crippen LogP contribution >= 0.6 is 0 Å². The van der Waals surface area contributed by atoms with Gasteiger partial charge in [0.25, 0.3) is 5.91 Å². The minimum Gasteiger partial charge on any atom is -0.340 e. The number of nitrogens with one attached hydrogen (secondary N) is 2. The Morgan fingerprint density at radius 1 is 1.00 bits per heavy atom. The highest BCUT2D eigenvalue weighted by Crippen LogP contribution is 2.25. The second-order valence-corrected chi connectivity index (χ2v) is 6.86. The highest BCUT2D eigenvalue weighted by atomic mass is 16.2. The molecule has 0 saturated carbocycles. The fraction of sp³-hybridized carbons (Fsp3) is 0.217. The van der Waals surface area contributed by atoms with E-state index in [1.165, 1.54) is 12.5 Å². The van der Waals surface area contributed by atoms with Crippen molar-refractivity contribution in [3.05, 3.63) is 76.7 Å². The molecule has 29 heavy (non-hydrogen) atoms. The van der Waals surface area contributed by atoms with Crippen LogP contribution < -0.4 is 10.6 Å². The Labute approximate surface area is 170 Å². The van der Waals surface area contributed by atoms with Gasteiger partial charge in [0.05, 0.1) is 0 Å². The van der Waals surface area contributed by atoms with Gasteiger partial charge < -0.3 is 10.6 Å². The minimum absolute atomic E-state index is 0.0598. The van der Waals surface area contributed by atoms with E-state index in [0.29, 0.717) is 22.9 Å². The van der Waals surface area contributed by atoms with Gasteiger partial charge in [0.15, 0.2) is 5.78 Å². The van der Waals surface area contributed by atoms with Gasteiger partial charge in [-0.1, -0.05) is 37.3 Å². The number of aromatic nitrogens is 2. The summed E-state index contributed by atoms with van der Waals surface area (Å²) in [6.07, 6.45) is 0.883. The third kappa shape index (κ3) is 4.85. The number of aryl methyl sites for hydroxylation is 3. The van der Waals surface area contributed by atoms with E-state index in [9.17, 15) is 9.59 Å². The van der Waals surface area contributed by atoms with Gasteiger partial charge in [-0.15, -0.1) is 0 Å². The van der Waals surface area contributed by atoms with Crippen molar-refractivity contribution in [2.24, 2.45) is 0 Å². The van der Waals surface area contributed by atoms with Crippen molar-refractivity contribution < 1.29 is 9.59 Å². The first-order valence-electron chi connectivity index (χ1n) is 9.51. The number of anilines is 3.